The molecule has 0 aromatic heterocycles. The summed E-state index contributed by atoms with van der Waals surface area (Å²) in [5, 5.41) is 9.85. The molecule has 0 spiro atoms. The van der Waals surface area contributed by atoms with Crippen LogP contribution < -0.4 is 0 Å². The highest BCUT2D eigenvalue weighted by atomic mass is 16.5. The number of phenolic OH excluding ortho intramolecular Hbond substituents is 1. The fourth-order valence-corrected chi connectivity index (χ4v) is 6.16. The van der Waals surface area contributed by atoms with E-state index in [0.29, 0.717) is 6.61 Å². The van der Waals surface area contributed by atoms with Crippen molar-refractivity contribution in [3.05, 3.63) is 126 Å². The minimum atomic E-state index is -0.450. The lowest BCUT2D eigenvalue weighted by Crippen LogP contribution is -2.50. The zero-order valence-electron chi connectivity index (χ0n) is 24.3. The number of benzene rings is 4. The molecule has 0 radical (unpaired) electrons. The third-order valence-electron chi connectivity index (χ3n) is 8.78. The standard InChI is InChI=1S/C38H41NO2/c1-4-38(33-16-7-5-8-17-33,34-18-9-6-10-19-34)24-23-37(2,3)39-25-21-36(22-26-39)41-29-30-13-11-14-31(27-30)32-15-12-20-35(40)28-32/h1,5-20,27-28,36,40H,21-26,29H2,2-3H3. The van der Waals surface area contributed by atoms with E-state index in [9.17, 15) is 5.11 Å². The van der Waals surface area contributed by atoms with Gasteiger partial charge in [0.15, 0.2) is 0 Å². The van der Waals surface area contributed by atoms with Crippen LogP contribution in [0.3, 0.4) is 0 Å². The molecule has 0 amide bonds. The largest absolute Gasteiger partial charge is 0.508 e. The molecule has 210 valence electrons. The molecule has 0 aliphatic carbocycles. The summed E-state index contributed by atoms with van der Waals surface area (Å²) < 4.78 is 6.39. The summed E-state index contributed by atoms with van der Waals surface area (Å²) in [6, 6.07) is 36.9. The van der Waals surface area contributed by atoms with Crippen LogP contribution in [0.5, 0.6) is 5.75 Å². The Morgan fingerprint density at radius 1 is 0.780 bits per heavy atom. The van der Waals surface area contributed by atoms with Crippen LogP contribution >= 0.6 is 0 Å². The van der Waals surface area contributed by atoms with E-state index in [2.05, 4.69) is 110 Å². The van der Waals surface area contributed by atoms with Crippen molar-refractivity contribution in [2.45, 2.75) is 63.2 Å². The Kier molecular flexibility index (Phi) is 8.93. The topological polar surface area (TPSA) is 32.7 Å². The SMILES string of the molecule is C#CC(CCC(C)(C)N1CCC(OCc2cccc(-c3cccc(O)c3)c2)CC1)(c1ccccc1)c1ccccc1. The van der Waals surface area contributed by atoms with Crippen molar-refractivity contribution in [2.75, 3.05) is 13.1 Å². The van der Waals surface area contributed by atoms with Gasteiger partial charge in [-0.1, -0.05) is 96.9 Å². The fraction of sp³-hybridized carbons (Fsp3) is 0.316. The molecule has 1 aliphatic rings. The second-order valence-electron chi connectivity index (χ2n) is 11.8. The lowest BCUT2D eigenvalue weighted by molar-refractivity contribution is -0.0263. The molecule has 4 aromatic rings. The quantitative estimate of drug-likeness (QED) is 0.205. The molecule has 41 heavy (non-hydrogen) atoms. The Hall–Kier alpha value is -3.84. The number of likely N-dealkylation sites (tertiary alicyclic amines) is 1. The maximum absolute atomic E-state index is 9.85. The third-order valence-corrected chi connectivity index (χ3v) is 8.78. The Morgan fingerprint density at radius 2 is 1.37 bits per heavy atom. The van der Waals surface area contributed by atoms with Gasteiger partial charge >= 0.3 is 0 Å². The van der Waals surface area contributed by atoms with Gasteiger partial charge in [-0.3, -0.25) is 4.90 Å². The monoisotopic (exact) mass is 543 g/mol. The first-order chi connectivity index (χ1) is 19.9. The molecular weight excluding hydrogens is 502 g/mol. The van der Waals surface area contributed by atoms with Crippen molar-refractivity contribution in [3.8, 4) is 29.2 Å². The van der Waals surface area contributed by atoms with Gasteiger partial charge in [0.2, 0.25) is 0 Å². The minimum Gasteiger partial charge on any atom is -0.508 e. The van der Waals surface area contributed by atoms with E-state index < -0.39 is 5.41 Å². The van der Waals surface area contributed by atoms with Crippen LogP contribution in [0.15, 0.2) is 109 Å². The van der Waals surface area contributed by atoms with Crippen molar-refractivity contribution in [1.82, 2.24) is 4.90 Å². The van der Waals surface area contributed by atoms with Gasteiger partial charge in [0.05, 0.1) is 18.1 Å². The molecule has 1 saturated heterocycles. The van der Waals surface area contributed by atoms with Crippen LogP contribution in [0.4, 0.5) is 0 Å². The molecule has 4 aromatic carbocycles. The summed E-state index contributed by atoms with van der Waals surface area (Å²) in [6.45, 7) is 7.34. The van der Waals surface area contributed by atoms with E-state index >= 15 is 0 Å². The molecule has 0 bridgehead atoms. The van der Waals surface area contributed by atoms with E-state index in [1.54, 1.807) is 12.1 Å². The highest BCUT2D eigenvalue weighted by Gasteiger charge is 2.37. The van der Waals surface area contributed by atoms with Crippen LogP contribution in [0.1, 0.15) is 56.2 Å². The highest BCUT2D eigenvalue weighted by Crippen LogP contribution is 2.39. The number of hydrogen-bond acceptors (Lipinski definition) is 3. The van der Waals surface area contributed by atoms with Gasteiger partial charge in [-0.15, -0.1) is 6.42 Å². The zero-order valence-corrected chi connectivity index (χ0v) is 24.3. The van der Waals surface area contributed by atoms with Crippen molar-refractivity contribution >= 4 is 0 Å². The maximum atomic E-state index is 9.85. The molecule has 0 saturated carbocycles. The van der Waals surface area contributed by atoms with E-state index in [1.165, 1.54) is 11.1 Å². The summed E-state index contributed by atoms with van der Waals surface area (Å²) in [4.78, 5) is 2.62. The van der Waals surface area contributed by atoms with Gasteiger partial charge in [0.1, 0.15) is 5.75 Å². The first-order valence-electron chi connectivity index (χ1n) is 14.7. The van der Waals surface area contributed by atoms with Crippen LogP contribution in [0.2, 0.25) is 0 Å². The van der Waals surface area contributed by atoms with Crippen molar-refractivity contribution in [2.24, 2.45) is 0 Å². The average Bonchev–Trinajstić information content (AvgIpc) is 3.02. The zero-order chi connectivity index (χ0) is 28.7. The van der Waals surface area contributed by atoms with E-state index in [1.807, 2.05) is 12.1 Å². The van der Waals surface area contributed by atoms with Gasteiger partial charge in [0, 0.05) is 18.6 Å². The van der Waals surface area contributed by atoms with Gasteiger partial charge in [-0.25, -0.2) is 0 Å². The van der Waals surface area contributed by atoms with Gasteiger partial charge < -0.3 is 9.84 Å². The molecule has 0 unspecified atom stereocenters. The van der Waals surface area contributed by atoms with Crippen molar-refractivity contribution < 1.29 is 9.84 Å². The van der Waals surface area contributed by atoms with E-state index in [0.717, 1.165) is 55.5 Å². The first-order valence-corrected chi connectivity index (χ1v) is 14.7. The molecule has 1 heterocycles. The molecule has 1 aliphatic heterocycles. The van der Waals surface area contributed by atoms with Crippen molar-refractivity contribution in [1.29, 1.82) is 0 Å². The summed E-state index contributed by atoms with van der Waals surface area (Å²) in [5.74, 6) is 3.51. The van der Waals surface area contributed by atoms with Gasteiger partial charge in [-0.05, 0) is 85.5 Å². The van der Waals surface area contributed by atoms with Gasteiger partial charge in [-0.2, -0.15) is 0 Å². The average molecular weight is 544 g/mol. The second-order valence-corrected chi connectivity index (χ2v) is 11.8. The number of nitrogens with zero attached hydrogens (tertiary/aromatic N) is 1. The Balaban J connectivity index is 1.19. The normalized spacial score (nSPS) is 15.0. The second kappa shape index (κ2) is 12.8. The molecule has 1 fully saturated rings. The number of piperidine rings is 1. The summed E-state index contributed by atoms with van der Waals surface area (Å²) in [7, 11) is 0. The van der Waals surface area contributed by atoms with Crippen LogP contribution in [0, 0.1) is 12.3 Å². The van der Waals surface area contributed by atoms with Crippen molar-refractivity contribution in [3.63, 3.8) is 0 Å². The fourth-order valence-electron chi connectivity index (χ4n) is 6.16. The lowest BCUT2D eigenvalue weighted by atomic mass is 9.70. The lowest BCUT2D eigenvalue weighted by Gasteiger charge is -2.44. The minimum absolute atomic E-state index is 0.0200. The number of phenols is 1. The van der Waals surface area contributed by atoms with Gasteiger partial charge in [0.25, 0.3) is 0 Å². The number of terminal acetylenes is 1. The predicted octanol–water partition coefficient (Wildman–Crippen LogP) is 8.22. The third kappa shape index (κ3) is 6.73. The highest BCUT2D eigenvalue weighted by molar-refractivity contribution is 5.65. The molecule has 3 nitrogen and oxygen atoms in total. The summed E-state index contributed by atoms with van der Waals surface area (Å²) in [6.07, 6.45) is 10.5. The molecular formula is C38H41NO2. The molecule has 3 heteroatoms. The molecule has 0 atom stereocenters. The smallest absolute Gasteiger partial charge is 0.116 e. The Labute approximate surface area is 245 Å². The first kappa shape index (κ1) is 28.7. The summed E-state index contributed by atoms with van der Waals surface area (Å²) >= 11 is 0. The predicted molar refractivity (Wildman–Crippen MR) is 169 cm³/mol. The number of aromatic hydroxyl groups is 1. The molecule has 1 N–H and O–H groups in total. The van der Waals surface area contributed by atoms with E-state index in [-0.39, 0.29) is 17.4 Å². The molecule has 5 rings (SSSR count). The Bertz CT molecular complexity index is 1410. The number of ether oxygens (including phenoxy) is 1. The summed E-state index contributed by atoms with van der Waals surface area (Å²) in [5.41, 5.74) is 5.19. The number of rotatable bonds is 10. The number of hydrogen-bond donors (Lipinski definition) is 1. The van der Waals surface area contributed by atoms with E-state index in [4.69, 9.17) is 11.2 Å². The van der Waals surface area contributed by atoms with Crippen LogP contribution in [-0.2, 0) is 16.8 Å². The van der Waals surface area contributed by atoms with Crippen LogP contribution in [0.25, 0.3) is 11.1 Å². The maximum Gasteiger partial charge on any atom is 0.116 e. The van der Waals surface area contributed by atoms with Crippen LogP contribution in [-0.4, -0.2) is 34.7 Å². The Morgan fingerprint density at radius 3 is 1.95 bits per heavy atom.